The van der Waals surface area contributed by atoms with Crippen molar-refractivity contribution < 1.29 is 14.7 Å². The van der Waals surface area contributed by atoms with E-state index in [4.69, 9.17) is 0 Å². The lowest BCUT2D eigenvalue weighted by molar-refractivity contribution is -0.313. The third kappa shape index (κ3) is 2.56. The highest BCUT2D eigenvalue weighted by Crippen LogP contribution is 2.53. The van der Waals surface area contributed by atoms with Gasteiger partial charge in [0.2, 0.25) is 5.91 Å². The van der Waals surface area contributed by atoms with Crippen molar-refractivity contribution in [2.45, 2.75) is 27.7 Å². The van der Waals surface area contributed by atoms with Gasteiger partial charge in [0, 0.05) is 29.4 Å². The Bertz CT molecular complexity index is 771. The van der Waals surface area contributed by atoms with E-state index in [0.29, 0.717) is 0 Å². The number of hydrogen-bond acceptors (Lipinski definition) is 3. The highest BCUT2D eigenvalue weighted by atomic mass is 16.4. The van der Waals surface area contributed by atoms with Crippen molar-refractivity contribution in [1.82, 2.24) is 0 Å². The molecular formula is C20H22NO3-. The molecule has 2 aliphatic carbocycles. The second-order valence-corrected chi connectivity index (χ2v) is 7.07. The zero-order chi connectivity index (χ0) is 17.6. The monoisotopic (exact) mass is 324 g/mol. The van der Waals surface area contributed by atoms with Crippen molar-refractivity contribution in [1.29, 1.82) is 0 Å². The Morgan fingerprint density at radius 1 is 1.04 bits per heavy atom. The molecular weight excluding hydrogens is 302 g/mol. The molecule has 4 heteroatoms. The molecule has 1 aromatic rings. The van der Waals surface area contributed by atoms with Crippen LogP contribution in [0.2, 0.25) is 0 Å². The molecule has 1 fully saturated rings. The van der Waals surface area contributed by atoms with E-state index < -0.39 is 17.8 Å². The first kappa shape index (κ1) is 16.5. The molecule has 2 bridgehead atoms. The fraction of sp³-hybridized carbons (Fsp3) is 0.400. The van der Waals surface area contributed by atoms with Gasteiger partial charge in [-0.2, -0.15) is 0 Å². The Hall–Kier alpha value is -2.36. The molecule has 1 aromatic carbocycles. The average molecular weight is 324 g/mol. The van der Waals surface area contributed by atoms with E-state index >= 15 is 0 Å². The molecule has 0 unspecified atom stereocenters. The SMILES string of the molecule is CC(C)=C1[C@H]2C=C[C@H]1[C@H](C(=O)Nc1cc(C)ccc1C)[C@H]2C(=O)[O-]. The lowest BCUT2D eigenvalue weighted by Gasteiger charge is -2.27. The summed E-state index contributed by atoms with van der Waals surface area (Å²) in [5.41, 5.74) is 4.89. The number of anilines is 1. The van der Waals surface area contributed by atoms with Crippen LogP contribution >= 0.6 is 0 Å². The number of fused-ring (bicyclic) bond motifs is 2. The van der Waals surface area contributed by atoms with Crippen molar-refractivity contribution in [3.05, 3.63) is 52.6 Å². The molecule has 3 rings (SSSR count). The van der Waals surface area contributed by atoms with E-state index in [1.807, 2.05) is 58.0 Å². The molecule has 0 spiro atoms. The summed E-state index contributed by atoms with van der Waals surface area (Å²) in [6.07, 6.45) is 3.88. The molecule has 0 radical (unpaired) electrons. The maximum atomic E-state index is 12.9. The summed E-state index contributed by atoms with van der Waals surface area (Å²) in [6.45, 7) is 7.83. The zero-order valence-corrected chi connectivity index (χ0v) is 14.4. The number of carbonyl (C=O) groups is 2. The van der Waals surface area contributed by atoms with Gasteiger partial charge in [-0.25, -0.2) is 0 Å². The molecule has 4 atom stereocenters. The zero-order valence-electron chi connectivity index (χ0n) is 14.4. The fourth-order valence-corrected chi connectivity index (χ4v) is 4.11. The van der Waals surface area contributed by atoms with Gasteiger partial charge in [-0.05, 0) is 44.9 Å². The van der Waals surface area contributed by atoms with Crippen LogP contribution in [-0.4, -0.2) is 11.9 Å². The summed E-state index contributed by atoms with van der Waals surface area (Å²) in [4.78, 5) is 24.6. The van der Waals surface area contributed by atoms with Crippen LogP contribution in [-0.2, 0) is 9.59 Å². The van der Waals surface area contributed by atoms with Crippen LogP contribution in [0.4, 0.5) is 5.69 Å². The van der Waals surface area contributed by atoms with E-state index in [1.54, 1.807) is 0 Å². The minimum absolute atomic E-state index is 0.145. The largest absolute Gasteiger partial charge is 0.550 e. The minimum Gasteiger partial charge on any atom is -0.550 e. The summed E-state index contributed by atoms with van der Waals surface area (Å²) in [5, 5.41) is 14.6. The Kier molecular flexibility index (Phi) is 4.08. The van der Waals surface area contributed by atoms with Gasteiger partial charge in [0.15, 0.2) is 0 Å². The number of carbonyl (C=O) groups excluding carboxylic acids is 2. The van der Waals surface area contributed by atoms with Crippen molar-refractivity contribution >= 4 is 17.6 Å². The number of aliphatic carboxylic acids is 1. The van der Waals surface area contributed by atoms with Gasteiger partial charge >= 0.3 is 0 Å². The van der Waals surface area contributed by atoms with Crippen LogP contribution in [0.15, 0.2) is 41.5 Å². The average Bonchev–Trinajstić information content (AvgIpc) is 3.06. The number of amides is 1. The van der Waals surface area contributed by atoms with Gasteiger partial charge in [0.05, 0.1) is 5.92 Å². The second kappa shape index (κ2) is 5.93. The highest BCUT2D eigenvalue weighted by Gasteiger charge is 2.52. The van der Waals surface area contributed by atoms with Crippen LogP contribution < -0.4 is 10.4 Å². The van der Waals surface area contributed by atoms with E-state index in [0.717, 1.165) is 28.0 Å². The van der Waals surface area contributed by atoms with Gasteiger partial charge in [-0.15, -0.1) is 0 Å². The number of benzene rings is 1. The third-order valence-electron chi connectivity index (χ3n) is 5.21. The maximum Gasteiger partial charge on any atom is 0.229 e. The molecule has 24 heavy (non-hydrogen) atoms. The van der Waals surface area contributed by atoms with Crippen LogP contribution in [0.5, 0.6) is 0 Å². The van der Waals surface area contributed by atoms with Crippen molar-refractivity contribution in [3.63, 3.8) is 0 Å². The summed E-state index contributed by atoms with van der Waals surface area (Å²) in [7, 11) is 0. The Morgan fingerprint density at radius 2 is 1.67 bits per heavy atom. The molecule has 1 saturated carbocycles. The van der Waals surface area contributed by atoms with Crippen LogP contribution in [0.25, 0.3) is 0 Å². The van der Waals surface area contributed by atoms with E-state index in [-0.39, 0.29) is 17.7 Å². The van der Waals surface area contributed by atoms with Crippen molar-refractivity contribution in [2.24, 2.45) is 23.7 Å². The van der Waals surface area contributed by atoms with Gasteiger partial charge in [0.25, 0.3) is 0 Å². The fourth-order valence-electron chi connectivity index (χ4n) is 4.11. The second-order valence-electron chi connectivity index (χ2n) is 7.07. The molecule has 126 valence electrons. The lowest BCUT2D eigenvalue weighted by atomic mass is 9.82. The molecule has 2 aliphatic rings. The molecule has 0 heterocycles. The number of aryl methyl sites for hydroxylation is 2. The summed E-state index contributed by atoms with van der Waals surface area (Å²) in [6, 6.07) is 5.84. The van der Waals surface area contributed by atoms with Crippen molar-refractivity contribution in [3.8, 4) is 0 Å². The number of carboxylic acid groups (broad SMARTS) is 1. The summed E-state index contributed by atoms with van der Waals surface area (Å²) < 4.78 is 0. The predicted molar refractivity (Wildman–Crippen MR) is 91.0 cm³/mol. The molecule has 0 aliphatic heterocycles. The van der Waals surface area contributed by atoms with E-state index in [9.17, 15) is 14.7 Å². The van der Waals surface area contributed by atoms with Crippen LogP contribution in [0.3, 0.4) is 0 Å². The molecule has 0 saturated heterocycles. The van der Waals surface area contributed by atoms with Gasteiger partial charge in [-0.1, -0.05) is 35.4 Å². The molecule has 1 N–H and O–H groups in total. The van der Waals surface area contributed by atoms with Crippen molar-refractivity contribution in [2.75, 3.05) is 5.32 Å². The highest BCUT2D eigenvalue weighted by molar-refractivity contribution is 5.97. The first-order valence-corrected chi connectivity index (χ1v) is 8.26. The number of nitrogens with one attached hydrogen (secondary N) is 1. The minimum atomic E-state index is -1.15. The predicted octanol–water partition coefficient (Wildman–Crippen LogP) is 2.38. The van der Waals surface area contributed by atoms with E-state index in [2.05, 4.69) is 5.32 Å². The third-order valence-corrected chi connectivity index (χ3v) is 5.21. The Balaban J connectivity index is 1.94. The standard InChI is InChI=1S/C20H23NO3/c1-10(2)16-13-7-8-14(16)18(20(23)24)17(13)19(22)21-15-9-11(3)5-6-12(15)4/h5-9,13-14,17-18H,1-4H3,(H,21,22)(H,23,24)/p-1/t13-,14-,17+,18+/m1/s1. The molecule has 4 nitrogen and oxygen atoms in total. The van der Waals surface area contributed by atoms with Gasteiger partial charge in [-0.3, -0.25) is 4.79 Å². The number of hydrogen-bond donors (Lipinski definition) is 1. The van der Waals surface area contributed by atoms with Gasteiger partial charge < -0.3 is 15.2 Å². The quantitative estimate of drug-likeness (QED) is 0.868. The lowest BCUT2D eigenvalue weighted by Crippen LogP contribution is -2.42. The Labute approximate surface area is 142 Å². The number of carboxylic acids is 1. The maximum absolute atomic E-state index is 12.9. The van der Waals surface area contributed by atoms with Crippen LogP contribution in [0, 0.1) is 37.5 Å². The first-order chi connectivity index (χ1) is 11.3. The molecule has 1 amide bonds. The molecule has 0 aromatic heterocycles. The Morgan fingerprint density at radius 3 is 2.25 bits per heavy atom. The summed E-state index contributed by atoms with van der Waals surface area (Å²) in [5.74, 6) is -3.17. The van der Waals surface area contributed by atoms with Crippen LogP contribution in [0.1, 0.15) is 25.0 Å². The smallest absolute Gasteiger partial charge is 0.229 e. The summed E-state index contributed by atoms with van der Waals surface area (Å²) >= 11 is 0. The van der Waals surface area contributed by atoms with E-state index in [1.165, 1.54) is 0 Å². The van der Waals surface area contributed by atoms with Gasteiger partial charge in [0.1, 0.15) is 0 Å². The normalized spacial score (nSPS) is 27.4. The topological polar surface area (TPSA) is 69.2 Å². The number of allylic oxidation sites excluding steroid dienone is 4. The number of rotatable bonds is 3. The first-order valence-electron chi connectivity index (χ1n) is 8.26.